The van der Waals surface area contributed by atoms with Gasteiger partial charge in [-0.3, -0.25) is 4.79 Å². The highest BCUT2D eigenvalue weighted by molar-refractivity contribution is 5.79. The maximum Gasteiger partial charge on any atom is 0.223 e. The molecule has 0 spiro atoms. The van der Waals surface area contributed by atoms with Crippen molar-refractivity contribution < 1.29 is 9.90 Å². The highest BCUT2D eigenvalue weighted by Gasteiger charge is 2.32. The van der Waals surface area contributed by atoms with Crippen molar-refractivity contribution in [1.82, 2.24) is 5.32 Å². The minimum atomic E-state index is -0.648. The summed E-state index contributed by atoms with van der Waals surface area (Å²) in [5.41, 5.74) is 7.48. The summed E-state index contributed by atoms with van der Waals surface area (Å²) in [6.45, 7) is 0.412. The third kappa shape index (κ3) is 1.86. The van der Waals surface area contributed by atoms with E-state index in [0.717, 1.165) is 11.1 Å². The second-order valence-corrected chi connectivity index (χ2v) is 3.72. The minimum absolute atomic E-state index is 0.112. The van der Waals surface area contributed by atoms with E-state index in [9.17, 15) is 9.90 Å². The topological polar surface area (TPSA) is 75.3 Å². The lowest BCUT2D eigenvalue weighted by Crippen LogP contribution is -2.24. The number of nitrogens with one attached hydrogen (secondary N) is 1. The molecular formula is C11H14N2O2. The van der Waals surface area contributed by atoms with E-state index in [4.69, 9.17) is 5.73 Å². The van der Waals surface area contributed by atoms with E-state index in [1.807, 2.05) is 24.3 Å². The Labute approximate surface area is 88.1 Å². The molecule has 0 bridgehead atoms. The Hall–Kier alpha value is -1.39. The van der Waals surface area contributed by atoms with Gasteiger partial charge in [-0.05, 0) is 11.1 Å². The summed E-state index contributed by atoms with van der Waals surface area (Å²) in [5, 5.41) is 12.5. The van der Waals surface area contributed by atoms with E-state index in [1.54, 1.807) is 0 Å². The molecule has 1 amide bonds. The van der Waals surface area contributed by atoms with Gasteiger partial charge in [0, 0.05) is 6.54 Å². The van der Waals surface area contributed by atoms with E-state index in [-0.39, 0.29) is 18.4 Å². The van der Waals surface area contributed by atoms with Gasteiger partial charge in [0.15, 0.2) is 0 Å². The number of benzene rings is 1. The van der Waals surface area contributed by atoms with Crippen LogP contribution in [0.2, 0.25) is 0 Å². The van der Waals surface area contributed by atoms with Crippen molar-refractivity contribution in [2.75, 3.05) is 0 Å². The molecule has 0 aliphatic carbocycles. The van der Waals surface area contributed by atoms with Crippen LogP contribution in [-0.4, -0.2) is 17.1 Å². The molecule has 80 valence electrons. The van der Waals surface area contributed by atoms with Gasteiger partial charge < -0.3 is 16.2 Å². The van der Waals surface area contributed by atoms with Crippen molar-refractivity contribution in [3.8, 4) is 0 Å². The first kappa shape index (κ1) is 10.1. The van der Waals surface area contributed by atoms with Crippen LogP contribution in [0.1, 0.15) is 23.6 Å². The molecule has 1 saturated heterocycles. The summed E-state index contributed by atoms with van der Waals surface area (Å²) in [7, 11) is 0. The van der Waals surface area contributed by atoms with Crippen molar-refractivity contribution in [2.45, 2.75) is 25.1 Å². The number of carbonyl (C=O) groups is 1. The van der Waals surface area contributed by atoms with E-state index in [2.05, 4.69) is 5.32 Å². The Morgan fingerprint density at radius 2 is 2.20 bits per heavy atom. The molecular weight excluding hydrogens is 192 g/mol. The van der Waals surface area contributed by atoms with Crippen LogP contribution in [0.4, 0.5) is 0 Å². The summed E-state index contributed by atoms with van der Waals surface area (Å²) in [4.78, 5) is 11.1. The molecule has 2 rings (SSSR count). The average Bonchev–Trinajstić information content (AvgIpc) is 2.57. The van der Waals surface area contributed by atoms with Gasteiger partial charge in [0.1, 0.15) is 0 Å². The van der Waals surface area contributed by atoms with E-state index in [0.29, 0.717) is 6.54 Å². The van der Waals surface area contributed by atoms with Crippen molar-refractivity contribution in [3.05, 3.63) is 35.4 Å². The van der Waals surface area contributed by atoms with Crippen molar-refractivity contribution in [2.24, 2.45) is 5.73 Å². The number of aliphatic hydroxyl groups is 1. The number of hydrogen-bond acceptors (Lipinski definition) is 3. The Bertz CT molecular complexity index is 379. The van der Waals surface area contributed by atoms with Crippen LogP contribution in [0.15, 0.2) is 24.3 Å². The smallest absolute Gasteiger partial charge is 0.223 e. The number of amides is 1. The highest BCUT2D eigenvalue weighted by atomic mass is 16.3. The van der Waals surface area contributed by atoms with Crippen molar-refractivity contribution >= 4 is 5.91 Å². The quantitative estimate of drug-likeness (QED) is 0.641. The summed E-state index contributed by atoms with van der Waals surface area (Å²) in [6.07, 6.45) is -0.478. The molecule has 4 nitrogen and oxygen atoms in total. The predicted octanol–water partition coefficient (Wildman–Crippen LogP) is 0.0672. The first-order valence-corrected chi connectivity index (χ1v) is 4.97. The van der Waals surface area contributed by atoms with Gasteiger partial charge in [-0.25, -0.2) is 0 Å². The SMILES string of the molecule is NCc1ccccc1C1NC(=O)CC1O. The molecule has 1 aliphatic heterocycles. The molecule has 2 unspecified atom stereocenters. The number of carbonyl (C=O) groups excluding carboxylic acids is 1. The summed E-state index contributed by atoms with van der Waals surface area (Å²) in [5.74, 6) is -0.112. The van der Waals surface area contributed by atoms with E-state index in [1.165, 1.54) is 0 Å². The lowest BCUT2D eigenvalue weighted by molar-refractivity contribution is -0.119. The van der Waals surface area contributed by atoms with Gasteiger partial charge in [0.05, 0.1) is 18.6 Å². The van der Waals surface area contributed by atoms with Crippen LogP contribution in [0, 0.1) is 0 Å². The number of aliphatic hydroxyl groups excluding tert-OH is 1. The standard InChI is InChI=1S/C11H14N2O2/c12-6-7-3-1-2-4-8(7)11-9(14)5-10(15)13-11/h1-4,9,11,14H,5-6,12H2,(H,13,15). The van der Waals surface area contributed by atoms with Crippen LogP contribution in [0.3, 0.4) is 0 Å². The van der Waals surface area contributed by atoms with Gasteiger partial charge in [-0.15, -0.1) is 0 Å². The zero-order valence-electron chi connectivity index (χ0n) is 8.31. The Kier molecular flexibility index (Phi) is 2.70. The summed E-state index contributed by atoms with van der Waals surface area (Å²) in [6, 6.07) is 7.27. The molecule has 1 aliphatic rings. The molecule has 0 saturated carbocycles. The van der Waals surface area contributed by atoms with Gasteiger partial charge in [0.25, 0.3) is 0 Å². The fourth-order valence-corrected chi connectivity index (χ4v) is 1.94. The van der Waals surface area contributed by atoms with Gasteiger partial charge in [-0.2, -0.15) is 0 Å². The van der Waals surface area contributed by atoms with Crippen molar-refractivity contribution in [3.63, 3.8) is 0 Å². The first-order chi connectivity index (χ1) is 7.22. The molecule has 1 heterocycles. The summed E-state index contributed by atoms with van der Waals surface area (Å²) >= 11 is 0. The molecule has 4 N–H and O–H groups in total. The predicted molar refractivity (Wildman–Crippen MR) is 55.8 cm³/mol. The fourth-order valence-electron chi connectivity index (χ4n) is 1.94. The number of nitrogens with two attached hydrogens (primary N) is 1. The molecule has 1 aromatic carbocycles. The molecule has 15 heavy (non-hydrogen) atoms. The Morgan fingerprint density at radius 1 is 1.47 bits per heavy atom. The number of hydrogen-bond donors (Lipinski definition) is 3. The monoisotopic (exact) mass is 206 g/mol. The second kappa shape index (κ2) is 4.00. The van der Waals surface area contributed by atoms with Crippen LogP contribution in [0.25, 0.3) is 0 Å². The summed E-state index contributed by atoms with van der Waals surface area (Å²) < 4.78 is 0. The third-order valence-electron chi connectivity index (χ3n) is 2.71. The zero-order chi connectivity index (χ0) is 10.8. The molecule has 1 fully saturated rings. The van der Waals surface area contributed by atoms with Crippen LogP contribution >= 0.6 is 0 Å². The maximum absolute atomic E-state index is 11.1. The Morgan fingerprint density at radius 3 is 2.80 bits per heavy atom. The van der Waals surface area contributed by atoms with E-state index < -0.39 is 6.10 Å². The largest absolute Gasteiger partial charge is 0.390 e. The molecule has 0 radical (unpaired) electrons. The molecule has 1 aromatic rings. The lowest BCUT2D eigenvalue weighted by atomic mass is 9.97. The van der Waals surface area contributed by atoms with Crippen LogP contribution in [-0.2, 0) is 11.3 Å². The normalized spacial score (nSPS) is 25.3. The zero-order valence-corrected chi connectivity index (χ0v) is 8.31. The minimum Gasteiger partial charge on any atom is -0.390 e. The molecule has 4 heteroatoms. The van der Waals surface area contributed by atoms with Crippen LogP contribution in [0.5, 0.6) is 0 Å². The number of rotatable bonds is 2. The van der Waals surface area contributed by atoms with Crippen LogP contribution < -0.4 is 11.1 Å². The van der Waals surface area contributed by atoms with Gasteiger partial charge >= 0.3 is 0 Å². The van der Waals surface area contributed by atoms with Crippen molar-refractivity contribution in [1.29, 1.82) is 0 Å². The fraction of sp³-hybridized carbons (Fsp3) is 0.364. The average molecular weight is 206 g/mol. The molecule has 0 aromatic heterocycles. The second-order valence-electron chi connectivity index (χ2n) is 3.72. The van der Waals surface area contributed by atoms with Gasteiger partial charge in [0.2, 0.25) is 5.91 Å². The first-order valence-electron chi connectivity index (χ1n) is 4.97. The maximum atomic E-state index is 11.1. The van der Waals surface area contributed by atoms with Gasteiger partial charge in [-0.1, -0.05) is 24.3 Å². The lowest BCUT2D eigenvalue weighted by Gasteiger charge is -2.17. The highest BCUT2D eigenvalue weighted by Crippen LogP contribution is 2.26. The van der Waals surface area contributed by atoms with E-state index >= 15 is 0 Å². The Balaban J connectivity index is 2.32. The molecule has 2 atom stereocenters. The third-order valence-corrected chi connectivity index (χ3v) is 2.71.